The van der Waals surface area contributed by atoms with E-state index in [1.54, 1.807) is 24.8 Å². The number of rotatable bonds is 2. The SMILES string of the molecule is Cc1cc(F)cc2[nH]c(C(=O)N3CCCC(C)(C(=O)O)C3)cc12. The molecule has 2 aromatic rings. The number of amides is 1. The van der Waals surface area contributed by atoms with Crippen LogP contribution in [0.2, 0.25) is 0 Å². The molecule has 6 heteroatoms. The summed E-state index contributed by atoms with van der Waals surface area (Å²) in [4.78, 5) is 28.6. The van der Waals surface area contributed by atoms with Crippen LogP contribution in [0.5, 0.6) is 0 Å². The summed E-state index contributed by atoms with van der Waals surface area (Å²) in [5.74, 6) is -1.48. The van der Waals surface area contributed by atoms with Crippen LogP contribution >= 0.6 is 0 Å². The van der Waals surface area contributed by atoms with E-state index in [0.717, 1.165) is 10.9 Å². The van der Waals surface area contributed by atoms with Gasteiger partial charge in [0.15, 0.2) is 0 Å². The Hall–Kier alpha value is -2.37. The molecule has 23 heavy (non-hydrogen) atoms. The van der Waals surface area contributed by atoms with E-state index in [1.807, 2.05) is 0 Å². The Bertz CT molecular complexity index is 798. The number of carbonyl (C=O) groups excluding carboxylic acids is 1. The van der Waals surface area contributed by atoms with Crippen molar-refractivity contribution in [2.75, 3.05) is 13.1 Å². The van der Waals surface area contributed by atoms with Gasteiger partial charge in [0.1, 0.15) is 11.5 Å². The number of hydrogen-bond acceptors (Lipinski definition) is 2. The zero-order valence-electron chi connectivity index (χ0n) is 13.1. The first-order valence-corrected chi connectivity index (χ1v) is 7.62. The fraction of sp³-hybridized carbons (Fsp3) is 0.412. The quantitative estimate of drug-likeness (QED) is 0.894. The van der Waals surface area contributed by atoms with Gasteiger partial charge in [-0.2, -0.15) is 0 Å². The fourth-order valence-electron chi connectivity index (χ4n) is 3.25. The van der Waals surface area contributed by atoms with Gasteiger partial charge < -0.3 is 15.0 Å². The molecular formula is C17H19FN2O3. The van der Waals surface area contributed by atoms with E-state index in [-0.39, 0.29) is 18.3 Å². The maximum atomic E-state index is 13.5. The van der Waals surface area contributed by atoms with Crippen LogP contribution in [0.15, 0.2) is 18.2 Å². The molecule has 1 fully saturated rings. The van der Waals surface area contributed by atoms with Crippen LogP contribution in [-0.2, 0) is 4.79 Å². The molecule has 1 aliphatic rings. The molecule has 3 rings (SSSR count). The van der Waals surface area contributed by atoms with Crippen molar-refractivity contribution < 1.29 is 19.1 Å². The normalized spacial score (nSPS) is 21.6. The highest BCUT2D eigenvalue weighted by Crippen LogP contribution is 2.31. The highest BCUT2D eigenvalue weighted by molar-refractivity contribution is 5.99. The third-order valence-electron chi connectivity index (χ3n) is 4.64. The number of aromatic amines is 1. The van der Waals surface area contributed by atoms with Crippen molar-refractivity contribution in [2.24, 2.45) is 5.41 Å². The average molecular weight is 318 g/mol. The topological polar surface area (TPSA) is 73.4 Å². The number of halogens is 1. The van der Waals surface area contributed by atoms with Crippen LogP contribution in [0, 0.1) is 18.2 Å². The number of benzene rings is 1. The predicted octanol–water partition coefficient (Wildman–Crippen LogP) is 2.94. The number of fused-ring (bicyclic) bond motifs is 1. The van der Waals surface area contributed by atoms with Crippen LogP contribution in [0.3, 0.4) is 0 Å². The van der Waals surface area contributed by atoms with E-state index in [0.29, 0.717) is 30.6 Å². The Morgan fingerprint density at radius 3 is 2.78 bits per heavy atom. The number of H-pyrrole nitrogens is 1. The van der Waals surface area contributed by atoms with Crippen molar-refractivity contribution >= 4 is 22.8 Å². The molecule has 1 amide bonds. The van der Waals surface area contributed by atoms with Crippen LogP contribution in [0.1, 0.15) is 35.8 Å². The molecule has 1 aromatic heterocycles. The number of carbonyl (C=O) groups is 2. The Labute approximate surface area is 133 Å². The molecule has 1 aliphatic heterocycles. The van der Waals surface area contributed by atoms with Crippen molar-refractivity contribution in [3.05, 3.63) is 35.3 Å². The van der Waals surface area contributed by atoms with Crippen LogP contribution in [0.25, 0.3) is 10.9 Å². The van der Waals surface area contributed by atoms with Crippen molar-refractivity contribution in [3.8, 4) is 0 Å². The van der Waals surface area contributed by atoms with E-state index in [2.05, 4.69) is 4.98 Å². The summed E-state index contributed by atoms with van der Waals surface area (Å²) in [6.07, 6.45) is 1.21. The first kappa shape index (κ1) is 15.5. The first-order valence-electron chi connectivity index (χ1n) is 7.62. The van der Waals surface area contributed by atoms with Gasteiger partial charge >= 0.3 is 5.97 Å². The number of aliphatic carboxylic acids is 1. The van der Waals surface area contributed by atoms with Crippen molar-refractivity contribution in [3.63, 3.8) is 0 Å². The minimum absolute atomic E-state index is 0.184. The summed E-state index contributed by atoms with van der Waals surface area (Å²) in [6.45, 7) is 4.17. The van der Waals surface area contributed by atoms with Gasteiger partial charge in [0.2, 0.25) is 0 Å². The second-order valence-corrected chi connectivity index (χ2v) is 6.56. The summed E-state index contributed by atoms with van der Waals surface area (Å²) in [6, 6.07) is 4.49. The second-order valence-electron chi connectivity index (χ2n) is 6.56. The minimum Gasteiger partial charge on any atom is -0.481 e. The van der Waals surface area contributed by atoms with E-state index in [1.165, 1.54) is 12.1 Å². The van der Waals surface area contributed by atoms with Gasteiger partial charge in [-0.15, -0.1) is 0 Å². The van der Waals surface area contributed by atoms with E-state index < -0.39 is 11.4 Å². The summed E-state index contributed by atoms with van der Waals surface area (Å²) in [5.41, 5.74) is 0.776. The zero-order valence-corrected chi connectivity index (χ0v) is 13.1. The highest BCUT2D eigenvalue weighted by Gasteiger charge is 2.39. The molecule has 0 spiro atoms. The number of nitrogens with one attached hydrogen (secondary N) is 1. The Morgan fingerprint density at radius 2 is 2.09 bits per heavy atom. The molecule has 1 atom stereocenters. The monoisotopic (exact) mass is 318 g/mol. The third-order valence-corrected chi connectivity index (χ3v) is 4.64. The van der Waals surface area contributed by atoms with E-state index in [4.69, 9.17) is 0 Å². The Kier molecular flexibility index (Phi) is 3.62. The number of likely N-dealkylation sites (tertiary alicyclic amines) is 1. The number of nitrogens with zero attached hydrogens (tertiary/aromatic N) is 1. The zero-order chi connectivity index (χ0) is 16.8. The van der Waals surface area contributed by atoms with Gasteiger partial charge in [0, 0.05) is 24.0 Å². The van der Waals surface area contributed by atoms with Gasteiger partial charge in [0.25, 0.3) is 5.91 Å². The third kappa shape index (κ3) is 2.69. The number of piperidine rings is 1. The van der Waals surface area contributed by atoms with Crippen LogP contribution < -0.4 is 0 Å². The molecule has 2 heterocycles. The number of carboxylic acids is 1. The number of aromatic nitrogens is 1. The molecule has 0 aliphatic carbocycles. The van der Waals surface area contributed by atoms with Crippen LogP contribution in [-0.4, -0.2) is 40.0 Å². The number of carboxylic acid groups (broad SMARTS) is 1. The van der Waals surface area contributed by atoms with E-state index in [9.17, 15) is 19.1 Å². The van der Waals surface area contributed by atoms with E-state index >= 15 is 0 Å². The molecule has 1 saturated heterocycles. The van der Waals surface area contributed by atoms with Gasteiger partial charge in [-0.1, -0.05) is 0 Å². The molecule has 0 saturated carbocycles. The Balaban J connectivity index is 1.91. The highest BCUT2D eigenvalue weighted by atomic mass is 19.1. The minimum atomic E-state index is -0.915. The molecule has 2 N–H and O–H groups in total. The smallest absolute Gasteiger partial charge is 0.311 e. The van der Waals surface area contributed by atoms with Gasteiger partial charge in [-0.3, -0.25) is 9.59 Å². The van der Waals surface area contributed by atoms with Gasteiger partial charge in [-0.25, -0.2) is 4.39 Å². The van der Waals surface area contributed by atoms with Gasteiger partial charge in [0.05, 0.1) is 5.41 Å². The lowest BCUT2D eigenvalue weighted by molar-refractivity contribution is -0.150. The lowest BCUT2D eigenvalue weighted by Crippen LogP contribution is -2.48. The molecule has 0 bridgehead atoms. The molecular weight excluding hydrogens is 299 g/mol. The molecule has 5 nitrogen and oxygen atoms in total. The average Bonchev–Trinajstić information content (AvgIpc) is 2.90. The van der Waals surface area contributed by atoms with Crippen molar-refractivity contribution in [1.82, 2.24) is 9.88 Å². The lowest BCUT2D eigenvalue weighted by atomic mass is 9.82. The summed E-state index contributed by atoms with van der Waals surface area (Å²) < 4.78 is 13.5. The maximum absolute atomic E-state index is 13.5. The van der Waals surface area contributed by atoms with Crippen molar-refractivity contribution in [2.45, 2.75) is 26.7 Å². The molecule has 1 aromatic carbocycles. The molecule has 0 radical (unpaired) electrons. The first-order chi connectivity index (χ1) is 10.8. The second kappa shape index (κ2) is 5.37. The predicted molar refractivity (Wildman–Crippen MR) is 83.9 cm³/mol. The molecule has 1 unspecified atom stereocenters. The van der Waals surface area contributed by atoms with Gasteiger partial charge in [-0.05, 0) is 50.5 Å². The largest absolute Gasteiger partial charge is 0.481 e. The summed E-state index contributed by atoms with van der Waals surface area (Å²) >= 11 is 0. The maximum Gasteiger partial charge on any atom is 0.311 e. The lowest BCUT2D eigenvalue weighted by Gasteiger charge is -2.37. The Morgan fingerprint density at radius 1 is 1.35 bits per heavy atom. The number of hydrogen-bond donors (Lipinski definition) is 2. The van der Waals surface area contributed by atoms with Crippen molar-refractivity contribution in [1.29, 1.82) is 0 Å². The summed E-state index contributed by atoms with van der Waals surface area (Å²) in [7, 11) is 0. The summed E-state index contributed by atoms with van der Waals surface area (Å²) in [5, 5.41) is 10.2. The standard InChI is InChI=1S/C17H19FN2O3/c1-10-6-11(18)7-13-12(10)8-14(19-13)15(21)20-5-3-4-17(2,9-20)16(22)23/h6-8,19H,3-5,9H2,1-2H3,(H,22,23). The molecule has 122 valence electrons. The number of aryl methyl sites for hydroxylation is 1. The fourth-order valence-corrected chi connectivity index (χ4v) is 3.25. The van der Waals surface area contributed by atoms with Crippen LogP contribution in [0.4, 0.5) is 4.39 Å².